The highest BCUT2D eigenvalue weighted by atomic mass is 16.5. The third-order valence-corrected chi connectivity index (χ3v) is 2.58. The van der Waals surface area contributed by atoms with Gasteiger partial charge in [0, 0.05) is 24.7 Å². The molecule has 4 nitrogen and oxygen atoms in total. The molecule has 0 atom stereocenters. The van der Waals surface area contributed by atoms with E-state index in [9.17, 15) is 0 Å². The van der Waals surface area contributed by atoms with Crippen molar-refractivity contribution in [2.75, 3.05) is 25.1 Å². The van der Waals surface area contributed by atoms with Crippen molar-refractivity contribution in [1.29, 1.82) is 0 Å². The third-order valence-electron chi connectivity index (χ3n) is 2.58. The summed E-state index contributed by atoms with van der Waals surface area (Å²) >= 11 is 0. The van der Waals surface area contributed by atoms with Crippen LogP contribution in [0.2, 0.25) is 0 Å². The van der Waals surface area contributed by atoms with Crippen LogP contribution in [0.5, 0.6) is 0 Å². The molecule has 0 aliphatic carbocycles. The predicted octanol–water partition coefficient (Wildman–Crippen LogP) is 1.35. The second-order valence-corrected chi connectivity index (χ2v) is 4.24. The Morgan fingerprint density at radius 3 is 2.93 bits per heavy atom. The Morgan fingerprint density at radius 1 is 1.64 bits per heavy atom. The largest absolute Gasteiger partial charge is 0.382 e. The van der Waals surface area contributed by atoms with Crippen molar-refractivity contribution in [3.8, 4) is 0 Å². The maximum atomic E-state index is 5.19. The monoisotopic (exact) mass is 195 g/mol. The van der Waals surface area contributed by atoms with E-state index in [1.807, 2.05) is 17.1 Å². The number of nitrogens with one attached hydrogen (secondary N) is 1. The summed E-state index contributed by atoms with van der Waals surface area (Å²) in [5.74, 6) is 0. The molecule has 1 saturated heterocycles. The Balaban J connectivity index is 1.85. The molecule has 0 radical (unpaired) electrons. The molecule has 4 heteroatoms. The van der Waals surface area contributed by atoms with Gasteiger partial charge >= 0.3 is 0 Å². The molecule has 0 saturated carbocycles. The number of nitrogens with zero attached hydrogens (tertiary/aromatic N) is 2. The normalized spacial score (nSPS) is 19.0. The van der Waals surface area contributed by atoms with E-state index in [0.29, 0.717) is 5.41 Å². The smallest absolute Gasteiger partial charge is 0.0726 e. The summed E-state index contributed by atoms with van der Waals surface area (Å²) in [6.07, 6.45) is 3.90. The van der Waals surface area contributed by atoms with Gasteiger partial charge in [0.1, 0.15) is 0 Å². The highest BCUT2D eigenvalue weighted by Crippen LogP contribution is 2.26. The van der Waals surface area contributed by atoms with Crippen molar-refractivity contribution in [3.63, 3.8) is 0 Å². The average molecular weight is 195 g/mol. The zero-order valence-corrected chi connectivity index (χ0v) is 8.79. The van der Waals surface area contributed by atoms with E-state index in [1.165, 1.54) is 0 Å². The topological polar surface area (TPSA) is 39.1 Å². The Labute approximate surface area is 84.3 Å². The second-order valence-electron chi connectivity index (χ2n) is 4.24. The van der Waals surface area contributed by atoms with Gasteiger partial charge < -0.3 is 10.1 Å². The van der Waals surface area contributed by atoms with Gasteiger partial charge in [0.15, 0.2) is 0 Å². The molecule has 1 fully saturated rings. The first-order chi connectivity index (χ1) is 6.72. The van der Waals surface area contributed by atoms with Crippen LogP contribution in [0.15, 0.2) is 12.4 Å². The van der Waals surface area contributed by atoms with Gasteiger partial charge in [0.2, 0.25) is 0 Å². The van der Waals surface area contributed by atoms with Crippen molar-refractivity contribution in [2.45, 2.75) is 20.4 Å². The lowest BCUT2D eigenvalue weighted by atomic mass is 9.89. The van der Waals surface area contributed by atoms with E-state index in [-0.39, 0.29) is 0 Å². The number of rotatable bonds is 4. The maximum Gasteiger partial charge on any atom is 0.0726 e. The number of hydrogen-bond acceptors (Lipinski definition) is 3. The van der Waals surface area contributed by atoms with Crippen molar-refractivity contribution in [1.82, 2.24) is 9.78 Å². The quantitative estimate of drug-likeness (QED) is 0.788. The first kappa shape index (κ1) is 9.52. The van der Waals surface area contributed by atoms with Gasteiger partial charge in [-0.1, -0.05) is 6.92 Å². The van der Waals surface area contributed by atoms with E-state index >= 15 is 0 Å². The van der Waals surface area contributed by atoms with Crippen molar-refractivity contribution >= 4 is 5.69 Å². The fourth-order valence-corrected chi connectivity index (χ4v) is 1.50. The molecule has 0 bridgehead atoms. The lowest BCUT2D eigenvalue weighted by Crippen LogP contribution is -2.45. The molecular formula is C10H17N3O. The van der Waals surface area contributed by atoms with E-state index < -0.39 is 0 Å². The molecule has 78 valence electrons. The molecule has 1 aliphatic rings. The van der Waals surface area contributed by atoms with Crippen LogP contribution in [0.4, 0.5) is 5.69 Å². The number of ether oxygens (including phenoxy) is 1. The number of aromatic nitrogens is 2. The van der Waals surface area contributed by atoms with Crippen molar-refractivity contribution < 1.29 is 4.74 Å². The predicted molar refractivity (Wildman–Crippen MR) is 55.3 cm³/mol. The van der Waals surface area contributed by atoms with E-state index in [2.05, 4.69) is 24.3 Å². The van der Waals surface area contributed by atoms with Gasteiger partial charge in [0.05, 0.1) is 25.1 Å². The molecule has 0 spiro atoms. The molecule has 2 rings (SSSR count). The number of aryl methyl sites for hydroxylation is 1. The Kier molecular flexibility index (Phi) is 2.46. The first-order valence-corrected chi connectivity index (χ1v) is 5.06. The summed E-state index contributed by atoms with van der Waals surface area (Å²) in [5, 5.41) is 7.58. The van der Waals surface area contributed by atoms with Crippen LogP contribution in [0.25, 0.3) is 0 Å². The average Bonchev–Trinajstić information content (AvgIpc) is 2.59. The van der Waals surface area contributed by atoms with Gasteiger partial charge in [-0.2, -0.15) is 5.10 Å². The van der Waals surface area contributed by atoms with Gasteiger partial charge in [-0.3, -0.25) is 4.68 Å². The Hall–Kier alpha value is -1.03. The summed E-state index contributed by atoms with van der Waals surface area (Å²) in [4.78, 5) is 0. The molecule has 1 N–H and O–H groups in total. The van der Waals surface area contributed by atoms with Gasteiger partial charge in [-0.15, -0.1) is 0 Å². The Bertz CT molecular complexity index is 304. The van der Waals surface area contributed by atoms with Crippen LogP contribution >= 0.6 is 0 Å². The molecule has 0 unspecified atom stereocenters. The van der Waals surface area contributed by atoms with Crippen LogP contribution in [0.1, 0.15) is 13.8 Å². The molecule has 1 aromatic rings. The van der Waals surface area contributed by atoms with Crippen LogP contribution < -0.4 is 5.32 Å². The summed E-state index contributed by atoms with van der Waals surface area (Å²) in [5.41, 5.74) is 1.41. The zero-order chi connectivity index (χ0) is 10.0. The fourth-order valence-electron chi connectivity index (χ4n) is 1.50. The first-order valence-electron chi connectivity index (χ1n) is 5.06. The lowest BCUT2D eigenvalue weighted by molar-refractivity contribution is -0.0924. The summed E-state index contributed by atoms with van der Waals surface area (Å²) < 4.78 is 7.11. The Morgan fingerprint density at radius 2 is 2.43 bits per heavy atom. The minimum absolute atomic E-state index is 0.314. The second kappa shape index (κ2) is 3.61. The lowest BCUT2D eigenvalue weighted by Gasteiger charge is -2.38. The van der Waals surface area contributed by atoms with E-state index in [0.717, 1.165) is 32.0 Å². The number of anilines is 1. The molecule has 0 amide bonds. The molecule has 0 aromatic carbocycles. The van der Waals surface area contributed by atoms with Gasteiger partial charge in [-0.25, -0.2) is 0 Å². The van der Waals surface area contributed by atoms with E-state index in [1.54, 1.807) is 0 Å². The summed E-state index contributed by atoms with van der Waals surface area (Å²) in [7, 11) is 0. The highest BCUT2D eigenvalue weighted by Gasteiger charge is 2.32. The molecule has 1 aliphatic heterocycles. The van der Waals surface area contributed by atoms with Crippen LogP contribution in [0, 0.1) is 5.41 Å². The summed E-state index contributed by atoms with van der Waals surface area (Å²) in [6.45, 7) is 7.92. The minimum Gasteiger partial charge on any atom is -0.382 e. The van der Waals surface area contributed by atoms with E-state index in [4.69, 9.17) is 4.74 Å². The maximum absolute atomic E-state index is 5.19. The van der Waals surface area contributed by atoms with Crippen molar-refractivity contribution in [2.24, 2.45) is 5.41 Å². The zero-order valence-electron chi connectivity index (χ0n) is 8.79. The van der Waals surface area contributed by atoms with Crippen LogP contribution in [-0.2, 0) is 11.3 Å². The molecule has 14 heavy (non-hydrogen) atoms. The standard InChI is InChI=1S/C10H17N3O/c1-3-13-5-9(4-12-13)11-6-10(2)7-14-8-10/h4-5,11H,3,6-8H2,1-2H3. The van der Waals surface area contributed by atoms with Crippen LogP contribution in [0.3, 0.4) is 0 Å². The third kappa shape index (κ3) is 1.90. The SMILES string of the molecule is CCn1cc(NCC2(C)COC2)cn1. The van der Waals surface area contributed by atoms with Gasteiger partial charge in [-0.05, 0) is 6.92 Å². The molecular weight excluding hydrogens is 178 g/mol. The minimum atomic E-state index is 0.314. The summed E-state index contributed by atoms with van der Waals surface area (Å²) in [6, 6.07) is 0. The number of hydrogen-bond donors (Lipinski definition) is 1. The van der Waals surface area contributed by atoms with Crippen LogP contribution in [-0.4, -0.2) is 29.5 Å². The van der Waals surface area contributed by atoms with Crippen molar-refractivity contribution in [3.05, 3.63) is 12.4 Å². The molecule has 1 aromatic heterocycles. The highest BCUT2D eigenvalue weighted by molar-refractivity contribution is 5.38. The fraction of sp³-hybridized carbons (Fsp3) is 0.700. The van der Waals surface area contributed by atoms with Gasteiger partial charge in [0.25, 0.3) is 0 Å². The molecule has 2 heterocycles.